The van der Waals surface area contributed by atoms with E-state index in [9.17, 15) is 0 Å². The molecule has 3 rings (SSSR count). The molecule has 1 aliphatic heterocycles. The van der Waals surface area contributed by atoms with E-state index in [1.54, 1.807) is 11.1 Å². The van der Waals surface area contributed by atoms with Crippen molar-refractivity contribution in [3.63, 3.8) is 0 Å². The standard InChI is InChI=1S/C14H20N2/c15-12-9-16(10-12)14-8-4-2-6-11-5-1-3-7-13(11)14/h1,3,5,7,12,14H,2,4,6,8-10,15H2. The summed E-state index contributed by atoms with van der Waals surface area (Å²) in [5.74, 6) is 0. The first kappa shape index (κ1) is 10.3. The minimum atomic E-state index is 0.412. The lowest BCUT2D eigenvalue weighted by Crippen LogP contribution is -2.56. The molecule has 1 aromatic rings. The lowest BCUT2D eigenvalue weighted by atomic mass is 9.94. The van der Waals surface area contributed by atoms with E-state index in [0.717, 1.165) is 13.1 Å². The number of rotatable bonds is 1. The smallest absolute Gasteiger partial charge is 0.0352 e. The van der Waals surface area contributed by atoms with Gasteiger partial charge in [-0.15, -0.1) is 0 Å². The van der Waals surface area contributed by atoms with E-state index >= 15 is 0 Å². The molecule has 2 N–H and O–H groups in total. The SMILES string of the molecule is NC1CN(C2CCCCc3ccccc32)C1. The van der Waals surface area contributed by atoms with E-state index in [4.69, 9.17) is 5.73 Å². The molecule has 1 heterocycles. The Kier molecular flexibility index (Phi) is 2.70. The highest BCUT2D eigenvalue weighted by Gasteiger charge is 2.32. The summed E-state index contributed by atoms with van der Waals surface area (Å²) in [5.41, 5.74) is 9.02. The molecule has 2 nitrogen and oxygen atoms in total. The van der Waals surface area contributed by atoms with Gasteiger partial charge in [-0.1, -0.05) is 30.7 Å². The molecule has 0 amide bonds. The average Bonchev–Trinajstić information content (AvgIpc) is 2.47. The Labute approximate surface area is 97.4 Å². The Balaban J connectivity index is 1.88. The number of fused-ring (bicyclic) bond motifs is 1. The summed E-state index contributed by atoms with van der Waals surface area (Å²) in [6, 6.07) is 10.0. The maximum Gasteiger partial charge on any atom is 0.0352 e. The Hall–Kier alpha value is -0.860. The largest absolute Gasteiger partial charge is 0.325 e. The second-order valence-electron chi connectivity index (χ2n) is 5.17. The van der Waals surface area contributed by atoms with Gasteiger partial charge in [-0.05, 0) is 30.4 Å². The van der Waals surface area contributed by atoms with Gasteiger partial charge < -0.3 is 5.73 Å². The quantitative estimate of drug-likeness (QED) is 0.728. The van der Waals surface area contributed by atoms with Crippen LogP contribution in [0.2, 0.25) is 0 Å². The van der Waals surface area contributed by atoms with Crippen LogP contribution in [0.25, 0.3) is 0 Å². The fraction of sp³-hybridized carbons (Fsp3) is 0.571. The maximum atomic E-state index is 5.89. The average molecular weight is 216 g/mol. The Bertz CT molecular complexity index is 369. The third kappa shape index (κ3) is 1.76. The zero-order valence-electron chi connectivity index (χ0n) is 9.73. The molecule has 0 radical (unpaired) electrons. The Morgan fingerprint density at radius 1 is 1.12 bits per heavy atom. The lowest BCUT2D eigenvalue weighted by Gasteiger charge is -2.43. The summed E-state index contributed by atoms with van der Waals surface area (Å²) in [6.07, 6.45) is 5.26. The van der Waals surface area contributed by atoms with Gasteiger partial charge in [-0.25, -0.2) is 0 Å². The predicted molar refractivity (Wildman–Crippen MR) is 66.3 cm³/mol. The van der Waals surface area contributed by atoms with Gasteiger partial charge in [0, 0.05) is 25.2 Å². The number of benzene rings is 1. The van der Waals surface area contributed by atoms with E-state index in [1.165, 1.54) is 25.7 Å². The van der Waals surface area contributed by atoms with Crippen molar-refractivity contribution in [1.82, 2.24) is 4.90 Å². The highest BCUT2D eigenvalue weighted by Crippen LogP contribution is 2.35. The van der Waals surface area contributed by atoms with Gasteiger partial charge in [-0.3, -0.25) is 4.90 Å². The number of hydrogen-bond acceptors (Lipinski definition) is 2. The number of aryl methyl sites for hydroxylation is 1. The summed E-state index contributed by atoms with van der Waals surface area (Å²) < 4.78 is 0. The van der Waals surface area contributed by atoms with Crippen LogP contribution in [0.3, 0.4) is 0 Å². The molecular formula is C14H20N2. The van der Waals surface area contributed by atoms with Crippen molar-refractivity contribution in [2.45, 2.75) is 37.8 Å². The number of hydrogen-bond donors (Lipinski definition) is 1. The van der Waals surface area contributed by atoms with Crippen molar-refractivity contribution in [3.05, 3.63) is 35.4 Å². The summed E-state index contributed by atoms with van der Waals surface area (Å²) in [7, 11) is 0. The monoisotopic (exact) mass is 216 g/mol. The Morgan fingerprint density at radius 2 is 1.94 bits per heavy atom. The van der Waals surface area contributed by atoms with Crippen LogP contribution in [0.5, 0.6) is 0 Å². The molecule has 2 aliphatic rings. The fourth-order valence-corrected chi connectivity index (χ4v) is 3.08. The molecule has 0 aromatic heterocycles. The summed E-state index contributed by atoms with van der Waals surface area (Å²) in [5, 5.41) is 0. The van der Waals surface area contributed by atoms with Gasteiger partial charge in [0.2, 0.25) is 0 Å². The van der Waals surface area contributed by atoms with Crippen LogP contribution < -0.4 is 5.73 Å². The Morgan fingerprint density at radius 3 is 2.75 bits per heavy atom. The molecule has 2 heteroatoms. The first-order valence-electron chi connectivity index (χ1n) is 6.42. The molecule has 1 aliphatic carbocycles. The van der Waals surface area contributed by atoms with Gasteiger partial charge in [0.25, 0.3) is 0 Å². The van der Waals surface area contributed by atoms with Crippen LogP contribution in [0.1, 0.15) is 36.4 Å². The second-order valence-corrected chi connectivity index (χ2v) is 5.17. The van der Waals surface area contributed by atoms with Crippen molar-refractivity contribution < 1.29 is 0 Å². The molecule has 0 bridgehead atoms. The van der Waals surface area contributed by atoms with Crippen LogP contribution >= 0.6 is 0 Å². The molecule has 1 saturated heterocycles. The number of nitrogens with zero attached hydrogens (tertiary/aromatic N) is 1. The van der Waals surface area contributed by atoms with Crippen molar-refractivity contribution in [2.75, 3.05) is 13.1 Å². The van der Waals surface area contributed by atoms with Gasteiger partial charge in [-0.2, -0.15) is 0 Å². The molecule has 0 saturated carbocycles. The number of nitrogens with two attached hydrogens (primary N) is 1. The zero-order valence-corrected chi connectivity index (χ0v) is 9.73. The van der Waals surface area contributed by atoms with Crippen LogP contribution in [0.15, 0.2) is 24.3 Å². The van der Waals surface area contributed by atoms with Crippen molar-refractivity contribution in [3.8, 4) is 0 Å². The first-order chi connectivity index (χ1) is 7.84. The van der Waals surface area contributed by atoms with Gasteiger partial charge in [0.1, 0.15) is 0 Å². The molecule has 1 fully saturated rings. The molecule has 1 atom stereocenters. The van der Waals surface area contributed by atoms with E-state index in [0.29, 0.717) is 12.1 Å². The lowest BCUT2D eigenvalue weighted by molar-refractivity contribution is 0.0879. The first-order valence-corrected chi connectivity index (χ1v) is 6.42. The highest BCUT2D eigenvalue weighted by atomic mass is 15.2. The molecular weight excluding hydrogens is 196 g/mol. The van der Waals surface area contributed by atoms with Crippen LogP contribution in [-0.2, 0) is 6.42 Å². The van der Waals surface area contributed by atoms with Crippen molar-refractivity contribution in [1.29, 1.82) is 0 Å². The fourth-order valence-electron chi connectivity index (χ4n) is 3.08. The molecule has 1 unspecified atom stereocenters. The van der Waals surface area contributed by atoms with Crippen LogP contribution in [0, 0.1) is 0 Å². The molecule has 0 spiro atoms. The van der Waals surface area contributed by atoms with Crippen molar-refractivity contribution in [2.24, 2.45) is 5.73 Å². The maximum absolute atomic E-state index is 5.89. The second kappa shape index (κ2) is 4.19. The summed E-state index contributed by atoms with van der Waals surface area (Å²) in [6.45, 7) is 2.16. The van der Waals surface area contributed by atoms with Gasteiger partial charge in [0.15, 0.2) is 0 Å². The van der Waals surface area contributed by atoms with E-state index in [1.807, 2.05) is 0 Å². The minimum absolute atomic E-state index is 0.412. The van der Waals surface area contributed by atoms with Gasteiger partial charge in [0.05, 0.1) is 0 Å². The minimum Gasteiger partial charge on any atom is -0.325 e. The van der Waals surface area contributed by atoms with E-state index < -0.39 is 0 Å². The normalized spacial score (nSPS) is 26.9. The molecule has 16 heavy (non-hydrogen) atoms. The molecule has 1 aromatic carbocycles. The van der Waals surface area contributed by atoms with Gasteiger partial charge >= 0.3 is 0 Å². The third-order valence-corrected chi connectivity index (χ3v) is 3.97. The summed E-state index contributed by atoms with van der Waals surface area (Å²) >= 11 is 0. The summed E-state index contributed by atoms with van der Waals surface area (Å²) in [4.78, 5) is 2.55. The zero-order chi connectivity index (χ0) is 11.0. The van der Waals surface area contributed by atoms with Crippen molar-refractivity contribution >= 4 is 0 Å². The van der Waals surface area contributed by atoms with E-state index in [-0.39, 0.29) is 0 Å². The third-order valence-electron chi connectivity index (χ3n) is 3.97. The van der Waals surface area contributed by atoms with Crippen LogP contribution in [0.4, 0.5) is 0 Å². The molecule has 86 valence electrons. The van der Waals surface area contributed by atoms with Crippen LogP contribution in [-0.4, -0.2) is 24.0 Å². The highest BCUT2D eigenvalue weighted by molar-refractivity contribution is 5.31. The topological polar surface area (TPSA) is 29.3 Å². The number of likely N-dealkylation sites (tertiary alicyclic amines) is 1. The van der Waals surface area contributed by atoms with E-state index in [2.05, 4.69) is 29.2 Å². The predicted octanol–water partition coefficient (Wildman–Crippen LogP) is 2.10.